The Kier molecular flexibility index (Phi) is 2.03. The SMILES string of the molecule is CC1(C)OC(=O)C(c2ccccc2)=C1O. The van der Waals surface area contributed by atoms with Crippen LogP contribution in [0.1, 0.15) is 19.4 Å². The molecule has 0 atom stereocenters. The molecule has 1 aromatic carbocycles. The maximum Gasteiger partial charge on any atom is 0.343 e. The number of ether oxygens (including phenoxy) is 1. The average Bonchev–Trinajstić information content (AvgIpc) is 2.38. The van der Waals surface area contributed by atoms with E-state index in [1.165, 1.54) is 0 Å². The molecule has 1 aliphatic heterocycles. The first-order valence-corrected chi connectivity index (χ1v) is 4.75. The van der Waals surface area contributed by atoms with Gasteiger partial charge in [0, 0.05) is 0 Å². The Balaban J connectivity index is 2.54. The van der Waals surface area contributed by atoms with E-state index >= 15 is 0 Å². The van der Waals surface area contributed by atoms with E-state index in [2.05, 4.69) is 0 Å². The lowest BCUT2D eigenvalue weighted by molar-refractivity contribution is -0.143. The van der Waals surface area contributed by atoms with Crippen LogP contribution < -0.4 is 0 Å². The Morgan fingerprint density at radius 2 is 1.80 bits per heavy atom. The van der Waals surface area contributed by atoms with Crippen molar-refractivity contribution >= 4 is 11.5 Å². The fourth-order valence-corrected chi connectivity index (χ4v) is 1.59. The van der Waals surface area contributed by atoms with Gasteiger partial charge < -0.3 is 9.84 Å². The zero-order valence-corrected chi connectivity index (χ0v) is 8.65. The third kappa shape index (κ3) is 1.50. The number of benzene rings is 1. The summed E-state index contributed by atoms with van der Waals surface area (Å²) in [5.74, 6) is -0.470. The summed E-state index contributed by atoms with van der Waals surface area (Å²) in [6.45, 7) is 3.33. The van der Waals surface area contributed by atoms with Gasteiger partial charge >= 0.3 is 5.97 Å². The van der Waals surface area contributed by atoms with Crippen molar-refractivity contribution < 1.29 is 14.6 Å². The summed E-state index contributed by atoms with van der Waals surface area (Å²) in [6, 6.07) is 9.03. The Bertz CT molecular complexity index is 429. The highest BCUT2D eigenvalue weighted by Gasteiger charge is 2.41. The molecule has 3 nitrogen and oxygen atoms in total. The maximum atomic E-state index is 11.6. The third-order valence-electron chi connectivity index (χ3n) is 2.42. The van der Waals surface area contributed by atoms with Gasteiger partial charge in [0.1, 0.15) is 5.57 Å². The van der Waals surface area contributed by atoms with Crippen molar-refractivity contribution in [1.82, 2.24) is 0 Å². The van der Waals surface area contributed by atoms with Crippen molar-refractivity contribution in [2.24, 2.45) is 0 Å². The average molecular weight is 204 g/mol. The maximum absolute atomic E-state index is 11.6. The molecule has 3 heteroatoms. The fraction of sp³-hybridized carbons (Fsp3) is 0.250. The molecule has 1 heterocycles. The minimum atomic E-state index is -0.914. The van der Waals surface area contributed by atoms with Crippen LogP contribution in [0.15, 0.2) is 36.1 Å². The molecule has 0 spiro atoms. The van der Waals surface area contributed by atoms with Crippen molar-refractivity contribution in [3.05, 3.63) is 41.7 Å². The van der Waals surface area contributed by atoms with Gasteiger partial charge in [-0.1, -0.05) is 30.3 Å². The number of aliphatic hydroxyl groups excluding tert-OH is 1. The molecule has 1 aromatic rings. The largest absolute Gasteiger partial charge is 0.507 e. The van der Waals surface area contributed by atoms with E-state index in [1.807, 2.05) is 18.2 Å². The summed E-state index contributed by atoms with van der Waals surface area (Å²) in [5, 5.41) is 9.87. The molecule has 78 valence electrons. The molecule has 0 fully saturated rings. The van der Waals surface area contributed by atoms with E-state index in [0.717, 1.165) is 0 Å². The second-order valence-electron chi connectivity index (χ2n) is 3.99. The van der Waals surface area contributed by atoms with Crippen LogP contribution in [0.4, 0.5) is 0 Å². The van der Waals surface area contributed by atoms with Gasteiger partial charge in [0.05, 0.1) is 0 Å². The molecule has 0 aliphatic carbocycles. The molecule has 0 radical (unpaired) electrons. The van der Waals surface area contributed by atoms with E-state index in [4.69, 9.17) is 4.74 Å². The highest BCUT2D eigenvalue weighted by atomic mass is 16.6. The lowest BCUT2D eigenvalue weighted by Gasteiger charge is -2.16. The summed E-state index contributed by atoms with van der Waals surface area (Å²) in [6.07, 6.45) is 0. The molecule has 0 bridgehead atoms. The summed E-state index contributed by atoms with van der Waals surface area (Å²) >= 11 is 0. The normalized spacial score (nSPS) is 19.2. The van der Waals surface area contributed by atoms with Gasteiger partial charge in [-0.15, -0.1) is 0 Å². The zero-order valence-electron chi connectivity index (χ0n) is 8.65. The number of hydrogen-bond acceptors (Lipinski definition) is 3. The van der Waals surface area contributed by atoms with Crippen LogP contribution in [0.2, 0.25) is 0 Å². The first kappa shape index (κ1) is 9.77. The molecular formula is C12H12O3. The van der Waals surface area contributed by atoms with E-state index in [1.54, 1.807) is 26.0 Å². The molecule has 0 amide bonds. The fourth-order valence-electron chi connectivity index (χ4n) is 1.59. The first-order chi connectivity index (χ1) is 7.02. The van der Waals surface area contributed by atoms with Crippen molar-refractivity contribution in [3.8, 4) is 0 Å². The summed E-state index contributed by atoms with van der Waals surface area (Å²) in [7, 11) is 0. The predicted molar refractivity (Wildman–Crippen MR) is 56.2 cm³/mol. The van der Waals surface area contributed by atoms with E-state index in [-0.39, 0.29) is 11.3 Å². The van der Waals surface area contributed by atoms with Gasteiger partial charge in [0.2, 0.25) is 0 Å². The Morgan fingerprint density at radius 3 is 2.27 bits per heavy atom. The van der Waals surface area contributed by atoms with Crippen LogP contribution in [-0.2, 0) is 9.53 Å². The van der Waals surface area contributed by atoms with Crippen LogP contribution in [-0.4, -0.2) is 16.7 Å². The molecule has 0 saturated heterocycles. The predicted octanol–water partition coefficient (Wildman–Crippen LogP) is 2.29. The Hall–Kier alpha value is -1.77. The number of cyclic esters (lactones) is 1. The van der Waals surface area contributed by atoms with Crippen LogP contribution in [0.3, 0.4) is 0 Å². The molecule has 1 aliphatic rings. The molecule has 2 rings (SSSR count). The number of carbonyl (C=O) groups excluding carboxylic acids is 1. The van der Waals surface area contributed by atoms with Gasteiger partial charge in [-0.3, -0.25) is 0 Å². The zero-order chi connectivity index (χ0) is 11.1. The smallest absolute Gasteiger partial charge is 0.343 e. The second-order valence-corrected chi connectivity index (χ2v) is 3.99. The lowest BCUT2D eigenvalue weighted by Crippen LogP contribution is -2.22. The topological polar surface area (TPSA) is 46.5 Å². The van der Waals surface area contributed by atoms with Crippen LogP contribution in [0.5, 0.6) is 0 Å². The van der Waals surface area contributed by atoms with E-state index < -0.39 is 11.6 Å². The highest BCUT2D eigenvalue weighted by molar-refractivity contribution is 6.19. The second kappa shape index (κ2) is 3.12. The number of esters is 1. The van der Waals surface area contributed by atoms with Gasteiger partial charge in [-0.05, 0) is 19.4 Å². The summed E-state index contributed by atoms with van der Waals surface area (Å²) in [5.41, 5.74) is 0.0357. The molecule has 0 unspecified atom stereocenters. The van der Waals surface area contributed by atoms with Crippen LogP contribution >= 0.6 is 0 Å². The number of rotatable bonds is 1. The first-order valence-electron chi connectivity index (χ1n) is 4.75. The van der Waals surface area contributed by atoms with Crippen LogP contribution in [0, 0.1) is 0 Å². The van der Waals surface area contributed by atoms with Gasteiger partial charge in [-0.25, -0.2) is 4.79 Å². The number of hydrogen-bond donors (Lipinski definition) is 1. The van der Waals surface area contributed by atoms with Crippen LogP contribution in [0.25, 0.3) is 5.57 Å². The summed E-state index contributed by atoms with van der Waals surface area (Å²) < 4.78 is 5.06. The minimum absolute atomic E-state index is 0.00120. The quantitative estimate of drug-likeness (QED) is 0.714. The number of aliphatic hydroxyl groups is 1. The van der Waals surface area contributed by atoms with E-state index in [0.29, 0.717) is 5.56 Å². The molecule has 0 aromatic heterocycles. The number of carbonyl (C=O) groups is 1. The summed E-state index contributed by atoms with van der Waals surface area (Å²) in [4.78, 5) is 11.6. The highest BCUT2D eigenvalue weighted by Crippen LogP contribution is 2.35. The van der Waals surface area contributed by atoms with Gasteiger partial charge in [0.25, 0.3) is 0 Å². The minimum Gasteiger partial charge on any atom is -0.507 e. The standard InChI is InChI=1S/C12H12O3/c1-12(2)10(13)9(11(14)15-12)8-6-4-3-5-7-8/h3-7,13H,1-2H3. The third-order valence-corrected chi connectivity index (χ3v) is 2.42. The van der Waals surface area contributed by atoms with Gasteiger partial charge in [-0.2, -0.15) is 0 Å². The van der Waals surface area contributed by atoms with E-state index in [9.17, 15) is 9.90 Å². The lowest BCUT2D eigenvalue weighted by atomic mass is 10.0. The Morgan fingerprint density at radius 1 is 1.20 bits per heavy atom. The van der Waals surface area contributed by atoms with Crippen molar-refractivity contribution in [1.29, 1.82) is 0 Å². The molecular weight excluding hydrogens is 192 g/mol. The molecule has 1 N–H and O–H groups in total. The molecule has 0 saturated carbocycles. The van der Waals surface area contributed by atoms with Gasteiger partial charge in [0.15, 0.2) is 11.4 Å². The monoisotopic (exact) mass is 204 g/mol. The van der Waals surface area contributed by atoms with Crippen molar-refractivity contribution in [3.63, 3.8) is 0 Å². The molecule has 15 heavy (non-hydrogen) atoms. The Labute approximate surface area is 88.0 Å². The van der Waals surface area contributed by atoms with Crippen molar-refractivity contribution in [2.75, 3.05) is 0 Å². The van der Waals surface area contributed by atoms with Crippen molar-refractivity contribution in [2.45, 2.75) is 19.4 Å².